The topological polar surface area (TPSA) is 52.9 Å². The Bertz CT molecular complexity index is 1230. The van der Waals surface area contributed by atoms with Gasteiger partial charge in [-0.05, 0) is 61.4 Å². The minimum atomic E-state index is -0.124. The first-order valence-corrected chi connectivity index (χ1v) is 14.0. The Morgan fingerprint density at radius 2 is 1.86 bits per heavy atom. The number of anilines is 1. The molecule has 190 valence electrons. The number of aryl methyl sites for hydroxylation is 1. The predicted octanol–water partition coefficient (Wildman–Crippen LogP) is 5.32. The fourth-order valence-electron chi connectivity index (χ4n) is 6.62. The quantitative estimate of drug-likeness (QED) is 0.472. The lowest BCUT2D eigenvalue weighted by Crippen LogP contribution is -2.48. The SMILES string of the molecule is CCc1nc2ccc(Cl)cn2c1C(=O)NCc1ccc(N2CC3CC2CN3CC2CCCCC2)cc1. The Morgan fingerprint density at radius 3 is 2.58 bits per heavy atom. The van der Waals surface area contributed by atoms with Crippen LogP contribution in [0.1, 0.15) is 67.2 Å². The van der Waals surface area contributed by atoms with Gasteiger partial charge in [0.1, 0.15) is 11.3 Å². The van der Waals surface area contributed by atoms with Gasteiger partial charge in [0.2, 0.25) is 0 Å². The maximum absolute atomic E-state index is 13.1. The summed E-state index contributed by atoms with van der Waals surface area (Å²) in [5.74, 6) is 0.799. The molecule has 3 aromatic rings. The molecule has 2 aliphatic heterocycles. The molecule has 1 aromatic carbocycles. The standard InChI is InChI=1S/C29H36ClN5O/c1-2-26-28(35-17-22(30)10-13-27(35)32-26)29(36)31-15-20-8-11-23(12-9-20)34-19-24-14-25(34)18-33(24)16-21-6-4-3-5-7-21/h8-13,17,21,24-25H,2-7,14-16,18-19H2,1H3,(H,31,36). The van der Waals surface area contributed by atoms with Gasteiger partial charge in [-0.25, -0.2) is 4.98 Å². The number of aromatic nitrogens is 2. The first-order valence-electron chi connectivity index (χ1n) is 13.6. The molecule has 3 aliphatic rings. The third kappa shape index (κ3) is 4.61. The molecule has 2 unspecified atom stereocenters. The molecule has 7 heteroatoms. The second-order valence-corrected chi connectivity index (χ2v) is 11.3. The fraction of sp³-hybridized carbons (Fsp3) is 0.517. The second kappa shape index (κ2) is 10.1. The van der Waals surface area contributed by atoms with Gasteiger partial charge in [-0.2, -0.15) is 0 Å². The number of hydrogen-bond donors (Lipinski definition) is 1. The Labute approximate surface area is 218 Å². The monoisotopic (exact) mass is 505 g/mol. The maximum Gasteiger partial charge on any atom is 0.270 e. The number of carbonyl (C=O) groups excluding carboxylic acids is 1. The number of hydrogen-bond acceptors (Lipinski definition) is 4. The number of benzene rings is 1. The van der Waals surface area contributed by atoms with Crippen molar-refractivity contribution in [3.63, 3.8) is 0 Å². The molecule has 1 aliphatic carbocycles. The summed E-state index contributed by atoms with van der Waals surface area (Å²) in [5, 5.41) is 3.67. The van der Waals surface area contributed by atoms with Crippen molar-refractivity contribution >= 4 is 28.8 Å². The zero-order valence-corrected chi connectivity index (χ0v) is 21.9. The molecule has 36 heavy (non-hydrogen) atoms. The summed E-state index contributed by atoms with van der Waals surface area (Å²) < 4.78 is 1.79. The molecule has 6 rings (SSSR count). The molecule has 3 fully saturated rings. The van der Waals surface area contributed by atoms with Crippen molar-refractivity contribution in [2.75, 3.05) is 24.5 Å². The molecular formula is C29H36ClN5O. The third-order valence-corrected chi connectivity index (χ3v) is 8.72. The number of pyridine rings is 1. The highest BCUT2D eigenvalue weighted by Crippen LogP contribution is 2.36. The van der Waals surface area contributed by atoms with Gasteiger partial charge in [0.15, 0.2) is 0 Å². The van der Waals surface area contributed by atoms with E-state index in [2.05, 4.69) is 44.4 Å². The van der Waals surface area contributed by atoms with Gasteiger partial charge in [-0.3, -0.25) is 14.1 Å². The molecule has 6 nitrogen and oxygen atoms in total. The molecule has 2 saturated heterocycles. The van der Waals surface area contributed by atoms with E-state index in [9.17, 15) is 4.79 Å². The van der Waals surface area contributed by atoms with Crippen LogP contribution >= 0.6 is 11.6 Å². The molecular weight excluding hydrogens is 470 g/mol. The van der Waals surface area contributed by atoms with Crippen molar-refractivity contribution < 1.29 is 4.79 Å². The fourth-order valence-corrected chi connectivity index (χ4v) is 6.78. The molecule has 2 aromatic heterocycles. The van der Waals surface area contributed by atoms with E-state index >= 15 is 0 Å². The predicted molar refractivity (Wildman–Crippen MR) is 145 cm³/mol. The van der Waals surface area contributed by atoms with E-state index in [1.54, 1.807) is 16.7 Å². The summed E-state index contributed by atoms with van der Waals surface area (Å²) in [6.45, 7) is 6.16. The number of nitrogens with zero attached hydrogens (tertiary/aromatic N) is 4. The number of amides is 1. The lowest BCUT2D eigenvalue weighted by atomic mass is 9.89. The first-order chi connectivity index (χ1) is 17.6. The third-order valence-electron chi connectivity index (χ3n) is 8.50. The zero-order valence-electron chi connectivity index (χ0n) is 21.1. The van der Waals surface area contributed by atoms with Crippen LogP contribution in [0.25, 0.3) is 5.65 Å². The number of nitrogens with one attached hydrogen (secondary N) is 1. The number of halogens is 1. The van der Waals surface area contributed by atoms with Crippen LogP contribution in [0, 0.1) is 5.92 Å². The average molecular weight is 506 g/mol. The highest BCUT2D eigenvalue weighted by Gasteiger charge is 2.43. The Balaban J connectivity index is 1.06. The molecule has 0 radical (unpaired) electrons. The van der Waals surface area contributed by atoms with Crippen LogP contribution in [-0.2, 0) is 13.0 Å². The molecule has 4 heterocycles. The van der Waals surface area contributed by atoms with E-state index in [0.29, 0.717) is 35.8 Å². The van der Waals surface area contributed by atoms with Crippen molar-refractivity contribution in [2.24, 2.45) is 5.92 Å². The van der Waals surface area contributed by atoms with E-state index in [0.717, 1.165) is 29.4 Å². The smallest absolute Gasteiger partial charge is 0.270 e. The number of carbonyl (C=O) groups is 1. The normalized spacial score (nSPS) is 22.6. The molecule has 2 atom stereocenters. The summed E-state index contributed by atoms with van der Waals surface area (Å²) in [4.78, 5) is 23.1. The Kier molecular flexibility index (Phi) is 6.65. The number of imidazole rings is 1. The van der Waals surface area contributed by atoms with Crippen LogP contribution in [0.4, 0.5) is 5.69 Å². The Morgan fingerprint density at radius 1 is 1.06 bits per heavy atom. The minimum absolute atomic E-state index is 0.124. The molecule has 2 bridgehead atoms. The van der Waals surface area contributed by atoms with Crippen molar-refractivity contribution in [1.82, 2.24) is 19.6 Å². The van der Waals surface area contributed by atoms with E-state index in [1.165, 1.54) is 57.3 Å². The summed E-state index contributed by atoms with van der Waals surface area (Å²) in [6.07, 6.45) is 10.9. The summed E-state index contributed by atoms with van der Waals surface area (Å²) in [6, 6.07) is 13.7. The highest BCUT2D eigenvalue weighted by atomic mass is 35.5. The number of piperazine rings is 1. The lowest BCUT2D eigenvalue weighted by molar-refractivity contribution is 0.0944. The van der Waals surface area contributed by atoms with Crippen LogP contribution in [0.15, 0.2) is 42.6 Å². The summed E-state index contributed by atoms with van der Waals surface area (Å²) in [7, 11) is 0. The van der Waals surface area contributed by atoms with E-state index < -0.39 is 0 Å². The maximum atomic E-state index is 13.1. The molecule has 1 N–H and O–H groups in total. The Hall–Kier alpha value is -2.57. The number of fused-ring (bicyclic) bond motifs is 3. The van der Waals surface area contributed by atoms with Crippen molar-refractivity contribution in [3.05, 3.63) is 64.6 Å². The number of rotatable bonds is 7. The summed E-state index contributed by atoms with van der Waals surface area (Å²) in [5.41, 5.74) is 4.49. The average Bonchev–Trinajstić information content (AvgIpc) is 3.60. The van der Waals surface area contributed by atoms with Crippen LogP contribution in [0.3, 0.4) is 0 Å². The van der Waals surface area contributed by atoms with Gasteiger partial charge < -0.3 is 10.2 Å². The minimum Gasteiger partial charge on any atom is -0.366 e. The van der Waals surface area contributed by atoms with E-state index in [1.807, 2.05) is 13.0 Å². The van der Waals surface area contributed by atoms with Crippen molar-refractivity contribution in [1.29, 1.82) is 0 Å². The lowest BCUT2D eigenvalue weighted by Gasteiger charge is -2.38. The van der Waals surface area contributed by atoms with Crippen LogP contribution in [0.2, 0.25) is 5.02 Å². The van der Waals surface area contributed by atoms with Crippen molar-refractivity contribution in [2.45, 2.75) is 70.5 Å². The van der Waals surface area contributed by atoms with Gasteiger partial charge >= 0.3 is 0 Å². The van der Waals surface area contributed by atoms with Gasteiger partial charge in [-0.1, -0.05) is 49.9 Å². The largest absolute Gasteiger partial charge is 0.366 e. The summed E-state index contributed by atoms with van der Waals surface area (Å²) >= 11 is 6.18. The second-order valence-electron chi connectivity index (χ2n) is 10.8. The van der Waals surface area contributed by atoms with Crippen molar-refractivity contribution in [3.8, 4) is 0 Å². The van der Waals surface area contributed by atoms with Gasteiger partial charge in [0, 0.05) is 50.1 Å². The van der Waals surface area contributed by atoms with E-state index in [4.69, 9.17) is 11.6 Å². The zero-order chi connectivity index (χ0) is 24.6. The van der Waals surface area contributed by atoms with Crippen LogP contribution in [-0.4, -0.2) is 51.9 Å². The van der Waals surface area contributed by atoms with Gasteiger partial charge in [0.05, 0.1) is 10.7 Å². The highest BCUT2D eigenvalue weighted by molar-refractivity contribution is 6.30. The van der Waals surface area contributed by atoms with E-state index in [-0.39, 0.29) is 5.91 Å². The van der Waals surface area contributed by atoms with Gasteiger partial charge in [0.25, 0.3) is 5.91 Å². The molecule has 1 amide bonds. The van der Waals surface area contributed by atoms with Crippen LogP contribution < -0.4 is 10.2 Å². The first kappa shape index (κ1) is 23.8. The van der Waals surface area contributed by atoms with Crippen LogP contribution in [0.5, 0.6) is 0 Å². The number of likely N-dealkylation sites (tertiary alicyclic amines) is 1. The molecule has 0 spiro atoms. The molecule has 1 saturated carbocycles. The van der Waals surface area contributed by atoms with Gasteiger partial charge in [-0.15, -0.1) is 0 Å².